The minimum absolute atomic E-state index is 0.0324. The SMILES string of the molecule is C=CC(=O)OC(C)(C)[C@@H]1CCCC2[C@H](OC(C)=O)CCC[C@@H]21. The molecule has 0 radical (unpaired) electrons. The van der Waals surface area contributed by atoms with Crippen molar-refractivity contribution in [1.29, 1.82) is 0 Å². The Morgan fingerprint density at radius 1 is 1.09 bits per heavy atom. The van der Waals surface area contributed by atoms with Crippen LogP contribution in [0.15, 0.2) is 12.7 Å². The van der Waals surface area contributed by atoms with E-state index >= 15 is 0 Å². The second kappa shape index (κ2) is 6.84. The first-order chi connectivity index (χ1) is 10.3. The van der Waals surface area contributed by atoms with Crippen molar-refractivity contribution < 1.29 is 19.1 Å². The van der Waals surface area contributed by atoms with Crippen molar-refractivity contribution in [2.24, 2.45) is 17.8 Å². The van der Waals surface area contributed by atoms with E-state index < -0.39 is 5.60 Å². The predicted octanol–water partition coefficient (Wildman–Crippen LogP) is 3.64. The third-order valence-electron chi connectivity index (χ3n) is 5.36. The topological polar surface area (TPSA) is 52.6 Å². The zero-order valence-corrected chi connectivity index (χ0v) is 14.0. The number of carbonyl (C=O) groups excluding carboxylic acids is 2. The number of carbonyl (C=O) groups is 2. The maximum atomic E-state index is 11.6. The quantitative estimate of drug-likeness (QED) is 0.587. The predicted molar refractivity (Wildman–Crippen MR) is 84.1 cm³/mol. The first-order valence-electron chi connectivity index (χ1n) is 8.37. The lowest BCUT2D eigenvalue weighted by Gasteiger charge is -2.49. The Balaban J connectivity index is 2.14. The normalized spacial score (nSPS) is 31.8. The van der Waals surface area contributed by atoms with Crippen molar-refractivity contribution in [2.75, 3.05) is 0 Å². The molecule has 4 heteroatoms. The molecule has 0 bridgehead atoms. The van der Waals surface area contributed by atoms with E-state index in [9.17, 15) is 9.59 Å². The molecular weight excluding hydrogens is 280 g/mol. The smallest absolute Gasteiger partial charge is 0.330 e. The molecule has 4 atom stereocenters. The summed E-state index contributed by atoms with van der Waals surface area (Å²) in [5.41, 5.74) is -0.507. The summed E-state index contributed by atoms with van der Waals surface area (Å²) in [6.45, 7) is 8.96. The summed E-state index contributed by atoms with van der Waals surface area (Å²) in [6, 6.07) is 0. The number of ether oxygens (including phenoxy) is 2. The Morgan fingerprint density at radius 3 is 2.36 bits per heavy atom. The maximum Gasteiger partial charge on any atom is 0.330 e. The van der Waals surface area contributed by atoms with E-state index in [-0.39, 0.29) is 18.0 Å². The first-order valence-corrected chi connectivity index (χ1v) is 8.37. The highest BCUT2D eigenvalue weighted by molar-refractivity contribution is 5.81. The Morgan fingerprint density at radius 2 is 1.73 bits per heavy atom. The zero-order chi connectivity index (χ0) is 16.3. The molecule has 0 aromatic heterocycles. The van der Waals surface area contributed by atoms with Crippen LogP contribution < -0.4 is 0 Å². The van der Waals surface area contributed by atoms with E-state index in [0.717, 1.165) is 38.5 Å². The van der Waals surface area contributed by atoms with Gasteiger partial charge in [-0.05, 0) is 57.8 Å². The van der Waals surface area contributed by atoms with Crippen molar-refractivity contribution in [3.05, 3.63) is 12.7 Å². The van der Waals surface area contributed by atoms with E-state index in [1.807, 2.05) is 13.8 Å². The summed E-state index contributed by atoms with van der Waals surface area (Å²) in [4.78, 5) is 23.0. The second-order valence-electron chi connectivity index (χ2n) is 7.17. The molecule has 2 rings (SSSR count). The summed E-state index contributed by atoms with van der Waals surface area (Å²) >= 11 is 0. The molecule has 1 unspecified atom stereocenters. The van der Waals surface area contributed by atoms with E-state index in [1.165, 1.54) is 13.0 Å². The van der Waals surface area contributed by atoms with Gasteiger partial charge in [-0.3, -0.25) is 4.79 Å². The third-order valence-corrected chi connectivity index (χ3v) is 5.36. The number of hydrogen-bond acceptors (Lipinski definition) is 4. The molecule has 0 spiro atoms. The highest BCUT2D eigenvalue weighted by Gasteiger charge is 2.47. The van der Waals surface area contributed by atoms with Gasteiger partial charge < -0.3 is 9.47 Å². The van der Waals surface area contributed by atoms with Crippen LogP contribution in [0, 0.1) is 17.8 Å². The summed E-state index contributed by atoms with van der Waals surface area (Å²) < 4.78 is 11.2. The fraction of sp³-hybridized carbons (Fsp3) is 0.778. The van der Waals surface area contributed by atoms with Crippen LogP contribution in [0.4, 0.5) is 0 Å². The minimum Gasteiger partial charge on any atom is -0.462 e. The lowest BCUT2D eigenvalue weighted by atomic mass is 9.60. The molecule has 2 aliphatic rings. The maximum absolute atomic E-state index is 11.6. The lowest BCUT2D eigenvalue weighted by molar-refractivity contribution is -0.169. The van der Waals surface area contributed by atoms with Gasteiger partial charge in [0.1, 0.15) is 11.7 Å². The fourth-order valence-corrected chi connectivity index (χ4v) is 4.54. The number of rotatable bonds is 4. The van der Waals surface area contributed by atoms with Gasteiger partial charge in [-0.15, -0.1) is 0 Å². The van der Waals surface area contributed by atoms with Crippen molar-refractivity contribution >= 4 is 11.9 Å². The molecular formula is C18H28O4. The van der Waals surface area contributed by atoms with Crippen LogP contribution in [0.3, 0.4) is 0 Å². The molecule has 2 fully saturated rings. The summed E-state index contributed by atoms with van der Waals surface area (Å²) in [5.74, 6) is 0.621. The minimum atomic E-state index is -0.507. The van der Waals surface area contributed by atoms with E-state index in [4.69, 9.17) is 9.47 Å². The molecule has 0 aromatic carbocycles. The Labute approximate surface area is 133 Å². The van der Waals surface area contributed by atoms with Crippen LogP contribution >= 0.6 is 0 Å². The van der Waals surface area contributed by atoms with Gasteiger partial charge in [-0.1, -0.05) is 13.0 Å². The first kappa shape index (κ1) is 17.0. The molecule has 0 saturated heterocycles. The van der Waals surface area contributed by atoms with Gasteiger partial charge in [0.05, 0.1) is 0 Å². The van der Waals surface area contributed by atoms with Crippen LogP contribution in [-0.2, 0) is 19.1 Å². The highest BCUT2D eigenvalue weighted by Crippen LogP contribution is 2.49. The van der Waals surface area contributed by atoms with Crippen molar-refractivity contribution in [1.82, 2.24) is 0 Å². The number of hydrogen-bond donors (Lipinski definition) is 0. The van der Waals surface area contributed by atoms with Gasteiger partial charge in [0.25, 0.3) is 0 Å². The second-order valence-corrected chi connectivity index (χ2v) is 7.17. The molecule has 0 heterocycles. The molecule has 0 aliphatic heterocycles. The Bertz CT molecular complexity index is 440. The molecule has 0 amide bonds. The number of esters is 2. The van der Waals surface area contributed by atoms with Gasteiger partial charge in [0.2, 0.25) is 0 Å². The Hall–Kier alpha value is -1.32. The summed E-state index contributed by atoms with van der Waals surface area (Å²) in [5, 5.41) is 0. The van der Waals surface area contributed by atoms with Crippen molar-refractivity contribution in [3.8, 4) is 0 Å². The summed E-state index contributed by atoms with van der Waals surface area (Å²) in [6.07, 6.45) is 7.67. The molecule has 4 nitrogen and oxygen atoms in total. The standard InChI is InChI=1S/C18H28O4/c1-5-17(20)22-18(3,4)15-10-6-9-14-13(15)8-7-11-16(14)21-12(2)19/h5,13-16H,1,6-11H2,2-4H3/t13-,14?,15+,16+/m0/s1. The van der Waals surface area contributed by atoms with Crippen LogP contribution in [0.5, 0.6) is 0 Å². The summed E-state index contributed by atoms with van der Waals surface area (Å²) in [7, 11) is 0. The van der Waals surface area contributed by atoms with Gasteiger partial charge in [0, 0.05) is 18.9 Å². The number of fused-ring (bicyclic) bond motifs is 1. The van der Waals surface area contributed by atoms with Gasteiger partial charge in [0.15, 0.2) is 0 Å². The third kappa shape index (κ3) is 3.71. The highest BCUT2D eigenvalue weighted by atomic mass is 16.6. The van der Waals surface area contributed by atoms with Crippen LogP contribution in [0.2, 0.25) is 0 Å². The molecule has 0 aromatic rings. The van der Waals surface area contributed by atoms with E-state index in [1.54, 1.807) is 0 Å². The lowest BCUT2D eigenvalue weighted by Crippen LogP contribution is -2.49. The molecule has 0 N–H and O–H groups in total. The molecule has 2 saturated carbocycles. The average molecular weight is 308 g/mol. The van der Waals surface area contributed by atoms with E-state index in [2.05, 4.69) is 6.58 Å². The van der Waals surface area contributed by atoms with Crippen LogP contribution in [-0.4, -0.2) is 23.6 Å². The van der Waals surface area contributed by atoms with Gasteiger partial charge in [-0.25, -0.2) is 4.79 Å². The molecule has 124 valence electrons. The molecule has 22 heavy (non-hydrogen) atoms. The Kier molecular flexibility index (Phi) is 5.30. The van der Waals surface area contributed by atoms with Crippen molar-refractivity contribution in [3.63, 3.8) is 0 Å². The van der Waals surface area contributed by atoms with Crippen LogP contribution in [0.1, 0.15) is 59.3 Å². The van der Waals surface area contributed by atoms with Crippen LogP contribution in [0.25, 0.3) is 0 Å². The largest absolute Gasteiger partial charge is 0.462 e. The fourth-order valence-electron chi connectivity index (χ4n) is 4.54. The average Bonchev–Trinajstić information content (AvgIpc) is 2.46. The molecule has 2 aliphatic carbocycles. The van der Waals surface area contributed by atoms with Gasteiger partial charge in [-0.2, -0.15) is 0 Å². The van der Waals surface area contributed by atoms with Crippen molar-refractivity contribution in [2.45, 2.75) is 71.0 Å². The van der Waals surface area contributed by atoms with E-state index in [0.29, 0.717) is 17.8 Å². The monoisotopic (exact) mass is 308 g/mol. The van der Waals surface area contributed by atoms with Gasteiger partial charge >= 0.3 is 11.9 Å². The zero-order valence-electron chi connectivity index (χ0n) is 14.0.